The van der Waals surface area contributed by atoms with Crippen molar-refractivity contribution in [2.75, 3.05) is 9.80 Å². The molecular weight excluding hydrogens is 804 g/mol. The predicted octanol–water partition coefficient (Wildman–Crippen LogP) is 16.2. The van der Waals surface area contributed by atoms with Gasteiger partial charge in [-0.1, -0.05) is 97.1 Å². The highest BCUT2D eigenvalue weighted by atomic mass is 19.4. The molecule has 0 bridgehead atoms. The molecule has 9 aromatic carbocycles. The van der Waals surface area contributed by atoms with Crippen molar-refractivity contribution in [2.45, 2.75) is 6.18 Å². The summed E-state index contributed by atoms with van der Waals surface area (Å²) < 4.78 is 39.1. The van der Waals surface area contributed by atoms with E-state index in [1.54, 1.807) is 12.1 Å². The topological polar surface area (TPSA) is 46.6 Å². The van der Waals surface area contributed by atoms with Crippen molar-refractivity contribution in [2.24, 2.45) is 0 Å². The number of para-hydroxylation sites is 4. The van der Waals surface area contributed by atoms with Gasteiger partial charge in [-0.25, -0.2) is 0 Å². The molecule has 0 unspecified atom stereocenters. The lowest BCUT2D eigenvalue weighted by atomic mass is 9.96. The van der Waals surface area contributed by atoms with Crippen LogP contribution in [-0.2, 0) is 0 Å². The number of fused-ring (bicyclic) bond motifs is 3. The van der Waals surface area contributed by atoms with Crippen LogP contribution >= 0.6 is 0 Å². The zero-order valence-electron chi connectivity index (χ0n) is 34.2. The number of ketones is 1. The molecule has 1 aliphatic heterocycles. The Labute approximate surface area is 369 Å². The molecular formula is C56H38F3N3O2. The van der Waals surface area contributed by atoms with Gasteiger partial charge in [-0.15, -0.1) is 0 Å². The fraction of sp³-hybridized carbons (Fsp3) is 0.0179. The molecule has 0 N–H and O–H groups in total. The second-order valence-corrected chi connectivity index (χ2v) is 15.6. The summed E-state index contributed by atoms with van der Waals surface area (Å²) in [7, 11) is 0. The molecule has 1 heterocycles. The van der Waals surface area contributed by atoms with Gasteiger partial charge in [-0.3, -0.25) is 9.44 Å². The molecule has 8 heteroatoms. The molecule has 64 heavy (non-hydrogen) atoms. The Hall–Kier alpha value is -8.04. The molecule has 310 valence electrons. The minimum Gasteiger partial charge on any atom is -0.616 e. The number of alkyl halides is 3. The van der Waals surface area contributed by atoms with Crippen LogP contribution in [-0.4, -0.2) is 12.0 Å². The maximum absolute atomic E-state index is 15.5. The predicted molar refractivity (Wildman–Crippen MR) is 253 cm³/mol. The smallest absolute Gasteiger partial charge is 0.454 e. The van der Waals surface area contributed by atoms with Crippen LogP contribution in [0.15, 0.2) is 231 Å². The number of anilines is 6. The highest BCUT2D eigenvalue weighted by molar-refractivity contribution is 6.03. The van der Waals surface area contributed by atoms with Crippen molar-refractivity contribution >= 4 is 57.0 Å². The molecule has 0 saturated heterocycles. The number of hydrogen-bond acceptors (Lipinski definition) is 4. The van der Waals surface area contributed by atoms with Gasteiger partial charge < -0.3 is 15.0 Å². The van der Waals surface area contributed by atoms with Crippen LogP contribution in [0.3, 0.4) is 0 Å². The van der Waals surface area contributed by atoms with E-state index in [4.69, 9.17) is 0 Å². The van der Waals surface area contributed by atoms with Crippen LogP contribution in [0.4, 0.5) is 64.4 Å². The second-order valence-electron chi connectivity index (χ2n) is 15.6. The zero-order chi connectivity index (χ0) is 43.8. The van der Waals surface area contributed by atoms with Crippen LogP contribution in [0.5, 0.6) is 0 Å². The van der Waals surface area contributed by atoms with E-state index in [1.807, 2.05) is 97.1 Å². The van der Waals surface area contributed by atoms with E-state index in [0.29, 0.717) is 22.5 Å². The minimum absolute atomic E-state index is 0.178. The first kappa shape index (κ1) is 40.1. The summed E-state index contributed by atoms with van der Waals surface area (Å²) >= 11 is 0. The third kappa shape index (κ3) is 7.30. The summed E-state index contributed by atoms with van der Waals surface area (Å²) in [5, 5.41) is 15.5. The Kier molecular flexibility index (Phi) is 10.2. The molecule has 0 radical (unpaired) electrons. The zero-order valence-corrected chi connectivity index (χ0v) is 34.2. The van der Waals surface area contributed by atoms with E-state index in [-0.39, 0.29) is 5.69 Å². The quantitative estimate of drug-likeness (QED) is 0.0782. The van der Waals surface area contributed by atoms with Crippen LogP contribution in [0.2, 0.25) is 0 Å². The molecule has 0 saturated carbocycles. The molecule has 0 amide bonds. The van der Waals surface area contributed by atoms with E-state index in [0.717, 1.165) is 68.5 Å². The van der Waals surface area contributed by atoms with Crippen LogP contribution in [0.1, 0.15) is 10.4 Å². The van der Waals surface area contributed by atoms with Crippen molar-refractivity contribution < 1.29 is 18.0 Å². The van der Waals surface area contributed by atoms with Crippen molar-refractivity contribution in [3.05, 3.63) is 241 Å². The molecule has 0 aliphatic carbocycles. The second kappa shape index (κ2) is 16.3. The highest BCUT2D eigenvalue weighted by Gasteiger charge is 2.42. The van der Waals surface area contributed by atoms with E-state index >= 15 is 5.21 Å². The average molecular weight is 842 g/mol. The third-order valence-corrected chi connectivity index (χ3v) is 11.7. The maximum Gasteiger partial charge on any atom is 0.454 e. The lowest BCUT2D eigenvalue weighted by Gasteiger charge is -2.38. The number of benzene rings is 9. The van der Waals surface area contributed by atoms with Gasteiger partial charge in [-0.2, -0.15) is 13.2 Å². The largest absolute Gasteiger partial charge is 0.616 e. The van der Waals surface area contributed by atoms with Crippen molar-refractivity contribution in [3.63, 3.8) is 0 Å². The van der Waals surface area contributed by atoms with Gasteiger partial charge in [0, 0.05) is 64.0 Å². The first-order valence-corrected chi connectivity index (χ1v) is 20.8. The van der Waals surface area contributed by atoms with Crippen molar-refractivity contribution in [3.8, 4) is 33.4 Å². The SMILES string of the molecule is O=C(c1ccc([N+]2([O-])c3ccc(-c4ccc(N(c5ccccc5)c5ccccc5)cc4)cc3-c3cc(-c4ccc(N(c5ccccc5)c5ccccc5)cc4)ccc32)cc1)C(F)(F)F. The van der Waals surface area contributed by atoms with E-state index in [1.165, 1.54) is 12.1 Å². The Bertz CT molecular complexity index is 2840. The first-order valence-electron chi connectivity index (χ1n) is 20.8. The Morgan fingerprint density at radius 2 is 0.703 bits per heavy atom. The minimum atomic E-state index is -5.04. The normalized spacial score (nSPS) is 12.6. The number of carbonyl (C=O) groups is 1. The summed E-state index contributed by atoms with van der Waals surface area (Å²) in [5.41, 5.74) is 11.6. The Balaban J connectivity index is 1.05. The van der Waals surface area contributed by atoms with Gasteiger partial charge in [0.25, 0.3) is 5.78 Å². The van der Waals surface area contributed by atoms with Crippen LogP contribution in [0, 0.1) is 5.21 Å². The monoisotopic (exact) mass is 841 g/mol. The molecule has 9 aromatic rings. The number of hydrogen-bond donors (Lipinski definition) is 0. The lowest BCUT2D eigenvalue weighted by Crippen LogP contribution is -2.29. The van der Waals surface area contributed by atoms with Gasteiger partial charge in [0.1, 0.15) is 5.69 Å². The van der Waals surface area contributed by atoms with Crippen molar-refractivity contribution in [1.29, 1.82) is 0 Å². The molecule has 0 atom stereocenters. The molecule has 0 spiro atoms. The lowest BCUT2D eigenvalue weighted by molar-refractivity contribution is -0.0885. The number of quaternary nitrogens is 1. The van der Waals surface area contributed by atoms with E-state index in [9.17, 15) is 18.0 Å². The maximum atomic E-state index is 15.5. The third-order valence-electron chi connectivity index (χ3n) is 11.7. The standard InChI is InChI=1S/C56H38F3N3O2/c57-56(58,59)55(63)41-25-33-50(34-26-41)62(64)53-35-27-42(39-21-29-48(30-22-39)60(44-13-5-1-6-14-44)45-15-7-2-8-16-45)37-51(53)52-38-43(28-36-54(52)62)40-23-31-49(32-24-40)61(46-17-9-3-10-18-46)47-19-11-4-12-20-47/h1-38H. The summed E-state index contributed by atoms with van der Waals surface area (Å²) in [6.07, 6.45) is -5.04. The average Bonchev–Trinajstić information content (AvgIpc) is 3.60. The van der Waals surface area contributed by atoms with Gasteiger partial charge >= 0.3 is 6.18 Å². The Morgan fingerprint density at radius 1 is 0.391 bits per heavy atom. The number of Topliss-reactive ketones (excluding diaryl/α,β-unsaturated/α-hetero) is 1. The van der Waals surface area contributed by atoms with Gasteiger partial charge in [0.05, 0.1) is 11.1 Å². The Morgan fingerprint density at radius 3 is 1.03 bits per heavy atom. The van der Waals surface area contributed by atoms with Crippen molar-refractivity contribution in [1.82, 2.24) is 4.65 Å². The summed E-state index contributed by atoms with van der Waals surface area (Å²) in [4.78, 5) is 16.5. The number of rotatable bonds is 10. The van der Waals surface area contributed by atoms with Crippen LogP contribution in [0.25, 0.3) is 33.4 Å². The number of halogens is 3. The summed E-state index contributed by atoms with van der Waals surface area (Å²) in [5.74, 6) is -1.96. The summed E-state index contributed by atoms with van der Waals surface area (Å²) in [6, 6.07) is 73.4. The van der Waals surface area contributed by atoms with Gasteiger partial charge in [-0.05, 0) is 131 Å². The highest BCUT2D eigenvalue weighted by Crippen LogP contribution is 2.58. The molecule has 0 aromatic heterocycles. The number of carbonyl (C=O) groups excluding carboxylic acids is 1. The van der Waals surface area contributed by atoms with E-state index in [2.05, 4.69) is 107 Å². The van der Waals surface area contributed by atoms with Crippen LogP contribution < -0.4 is 14.4 Å². The fourth-order valence-corrected chi connectivity index (χ4v) is 8.61. The molecule has 5 nitrogen and oxygen atoms in total. The molecule has 10 rings (SSSR count). The number of nitrogens with zero attached hydrogens (tertiary/aromatic N) is 3. The van der Waals surface area contributed by atoms with Gasteiger partial charge in [0.15, 0.2) is 11.4 Å². The first-order chi connectivity index (χ1) is 31.2. The molecule has 0 fully saturated rings. The van der Waals surface area contributed by atoms with Gasteiger partial charge in [0.2, 0.25) is 0 Å². The molecule has 1 aliphatic rings. The summed E-state index contributed by atoms with van der Waals surface area (Å²) in [6.45, 7) is 0. The van der Waals surface area contributed by atoms with E-state index < -0.39 is 22.2 Å². The fourth-order valence-electron chi connectivity index (χ4n) is 8.61.